The van der Waals surface area contributed by atoms with Crippen LogP contribution in [0.3, 0.4) is 0 Å². The zero-order valence-corrected chi connectivity index (χ0v) is 7.63. The quantitative estimate of drug-likeness (QED) is 0.665. The van der Waals surface area contributed by atoms with Gasteiger partial charge in [-0.05, 0) is 0 Å². The van der Waals surface area contributed by atoms with Crippen molar-refractivity contribution in [2.75, 3.05) is 13.4 Å². The van der Waals surface area contributed by atoms with Gasteiger partial charge in [0.1, 0.15) is 0 Å². The average Bonchev–Trinajstić information content (AvgIpc) is 1.68. The molecule has 2 nitrogen and oxygen atoms in total. The molecular weight excluding hydrogens is 195 g/mol. The molecule has 0 saturated carbocycles. The van der Waals surface area contributed by atoms with Gasteiger partial charge in [-0.15, -0.1) is 0 Å². The second-order valence-electron chi connectivity index (χ2n) is 0.834. The van der Waals surface area contributed by atoms with Crippen LogP contribution in [0.15, 0.2) is 0 Å². The van der Waals surface area contributed by atoms with E-state index in [1.54, 1.807) is 6.26 Å². The van der Waals surface area contributed by atoms with Crippen LogP contribution < -0.4 is 0 Å². The zero-order valence-electron chi connectivity index (χ0n) is 4.12. The first-order valence-corrected chi connectivity index (χ1v) is 9.31. The summed E-state index contributed by atoms with van der Waals surface area (Å²) in [5.74, 6) is 0. The van der Waals surface area contributed by atoms with E-state index in [0.29, 0.717) is 0 Å². The Morgan fingerprint density at radius 3 is 2.29 bits per heavy atom. The SMILES string of the molecule is CO[As](O)(=S)SC. The fourth-order valence-corrected chi connectivity index (χ4v) is 1.16. The van der Waals surface area contributed by atoms with Crippen molar-refractivity contribution in [3.63, 3.8) is 0 Å². The predicted molar refractivity (Wildman–Crippen MR) is 36.1 cm³/mol. The van der Waals surface area contributed by atoms with E-state index in [2.05, 4.69) is 14.1 Å². The molecule has 0 bridgehead atoms. The Bertz CT molecular complexity index is 85.7. The Morgan fingerprint density at radius 2 is 2.29 bits per heavy atom. The summed E-state index contributed by atoms with van der Waals surface area (Å²) in [6.07, 6.45) is 1.75. The molecule has 0 radical (unpaired) electrons. The molecule has 0 aromatic carbocycles. The van der Waals surface area contributed by atoms with Gasteiger partial charge in [0.25, 0.3) is 0 Å². The van der Waals surface area contributed by atoms with Crippen LogP contribution in [0.2, 0.25) is 0 Å². The van der Waals surface area contributed by atoms with Gasteiger partial charge < -0.3 is 0 Å². The van der Waals surface area contributed by atoms with Crippen molar-refractivity contribution in [1.29, 1.82) is 0 Å². The molecule has 1 atom stereocenters. The summed E-state index contributed by atoms with van der Waals surface area (Å²) in [5, 5.41) is 0. The molecule has 0 aromatic rings. The summed E-state index contributed by atoms with van der Waals surface area (Å²) in [5.41, 5.74) is 0. The van der Waals surface area contributed by atoms with Crippen LogP contribution in [0.4, 0.5) is 0 Å². The summed E-state index contributed by atoms with van der Waals surface area (Å²) >= 11 is -2.94. The molecule has 0 aliphatic heterocycles. The fraction of sp³-hybridized carbons (Fsp3) is 1.00. The molecule has 0 aromatic heterocycles. The van der Waals surface area contributed by atoms with Crippen LogP contribution >= 0.6 is 20.4 Å². The van der Waals surface area contributed by atoms with Crippen LogP contribution in [-0.2, 0) is 3.73 Å². The van der Waals surface area contributed by atoms with Crippen LogP contribution in [-0.4, -0.2) is 28.9 Å². The maximum absolute atomic E-state index is 8.86. The van der Waals surface area contributed by atoms with E-state index in [1.807, 2.05) is 0 Å². The fourth-order valence-electron chi connectivity index (χ4n) is 0.0745. The first-order chi connectivity index (χ1) is 3.12. The molecule has 0 heterocycles. The normalized spacial score (nSPS) is 18.7. The van der Waals surface area contributed by atoms with Crippen molar-refractivity contribution < 1.29 is 7.82 Å². The van der Waals surface area contributed by atoms with Crippen molar-refractivity contribution in [3.8, 4) is 0 Å². The van der Waals surface area contributed by atoms with E-state index < -0.39 is 11.4 Å². The number of rotatable bonds is 2. The van der Waals surface area contributed by atoms with E-state index in [4.69, 9.17) is 4.10 Å². The molecule has 0 spiro atoms. The summed E-state index contributed by atoms with van der Waals surface area (Å²) in [6.45, 7) is 0. The first kappa shape index (κ1) is 8.05. The van der Waals surface area contributed by atoms with E-state index in [9.17, 15) is 0 Å². The monoisotopic (exact) mass is 202 g/mol. The Hall–Kier alpha value is 1.05. The van der Waals surface area contributed by atoms with Crippen LogP contribution in [0.5, 0.6) is 0 Å². The number of hydrogen-bond acceptors (Lipinski definition) is 3. The van der Waals surface area contributed by atoms with Gasteiger partial charge in [-0.1, -0.05) is 0 Å². The maximum atomic E-state index is 8.86. The van der Waals surface area contributed by atoms with E-state index in [-0.39, 0.29) is 0 Å². The molecule has 0 fully saturated rings. The standard InChI is InChI=1S/C2H7AsO2S2/c1-5-3(4,6)7-2/h1-2H3,(H,4,6). The van der Waals surface area contributed by atoms with Crippen molar-refractivity contribution in [3.05, 3.63) is 0 Å². The second-order valence-corrected chi connectivity index (χ2v) is 12.6. The minimum atomic E-state index is -2.94. The van der Waals surface area contributed by atoms with E-state index >= 15 is 0 Å². The van der Waals surface area contributed by atoms with Gasteiger partial charge in [0.2, 0.25) is 0 Å². The molecule has 5 heteroatoms. The molecular formula is C2H7AsO2S2. The van der Waals surface area contributed by atoms with Crippen LogP contribution in [0.1, 0.15) is 0 Å². The van der Waals surface area contributed by atoms with E-state index in [1.165, 1.54) is 17.1 Å². The average molecular weight is 202 g/mol. The van der Waals surface area contributed by atoms with Crippen molar-refractivity contribution in [2.45, 2.75) is 0 Å². The van der Waals surface area contributed by atoms with Gasteiger partial charge in [-0.3, -0.25) is 0 Å². The van der Waals surface area contributed by atoms with Gasteiger partial charge in [0.15, 0.2) is 0 Å². The van der Waals surface area contributed by atoms with Crippen molar-refractivity contribution in [2.24, 2.45) is 0 Å². The van der Waals surface area contributed by atoms with E-state index in [0.717, 1.165) is 0 Å². The van der Waals surface area contributed by atoms with Gasteiger partial charge in [-0.25, -0.2) is 0 Å². The topological polar surface area (TPSA) is 29.5 Å². The summed E-state index contributed by atoms with van der Waals surface area (Å²) < 4.78 is 13.5. The molecule has 44 valence electrons. The molecule has 7 heavy (non-hydrogen) atoms. The van der Waals surface area contributed by atoms with Crippen LogP contribution in [0, 0.1) is 0 Å². The molecule has 0 aliphatic carbocycles. The Labute approximate surface area is 53.2 Å². The summed E-state index contributed by atoms with van der Waals surface area (Å²) in [4.78, 5) is 0. The van der Waals surface area contributed by atoms with Crippen molar-refractivity contribution in [1.82, 2.24) is 0 Å². The molecule has 1 N–H and O–H groups in total. The van der Waals surface area contributed by atoms with Gasteiger partial charge >= 0.3 is 53.0 Å². The summed E-state index contributed by atoms with van der Waals surface area (Å²) in [6, 6.07) is 0. The molecule has 0 rings (SSSR count). The third kappa shape index (κ3) is 3.62. The van der Waals surface area contributed by atoms with Gasteiger partial charge in [0.05, 0.1) is 0 Å². The summed E-state index contributed by atoms with van der Waals surface area (Å²) in [7, 11) is 7.30. The molecule has 0 aliphatic rings. The third-order valence-electron chi connectivity index (χ3n) is 0.461. The molecule has 0 saturated heterocycles. The zero-order chi connectivity index (χ0) is 5.91. The Kier molecular flexibility index (Phi) is 3.62. The molecule has 0 amide bonds. The Balaban J connectivity index is 3.61. The third-order valence-corrected chi connectivity index (χ3v) is 8.67. The van der Waals surface area contributed by atoms with Gasteiger partial charge in [0, 0.05) is 0 Å². The minimum absolute atomic E-state index is 1.25. The molecule has 1 unspecified atom stereocenters. The predicted octanol–water partition coefficient (Wildman–Crippen LogP) is 0.621. The first-order valence-electron chi connectivity index (χ1n) is 1.56. The Morgan fingerprint density at radius 1 is 1.86 bits per heavy atom. The second kappa shape index (κ2) is 3.15. The van der Waals surface area contributed by atoms with Crippen LogP contribution in [0.25, 0.3) is 0 Å². The van der Waals surface area contributed by atoms with Gasteiger partial charge in [-0.2, -0.15) is 0 Å². The van der Waals surface area contributed by atoms with Crippen molar-refractivity contribution >= 4 is 31.8 Å². The number of hydrogen-bond donors (Lipinski definition) is 1.